The van der Waals surface area contributed by atoms with Crippen LogP contribution in [-0.2, 0) is 12.0 Å². The molecule has 0 aromatic heterocycles. The van der Waals surface area contributed by atoms with Crippen LogP contribution in [0, 0.1) is 5.82 Å². The van der Waals surface area contributed by atoms with Crippen molar-refractivity contribution in [3.63, 3.8) is 0 Å². The van der Waals surface area contributed by atoms with E-state index in [1.54, 1.807) is 12.1 Å². The predicted molar refractivity (Wildman–Crippen MR) is 125 cm³/mol. The smallest absolute Gasteiger partial charge is 0.407 e. The molecule has 2 amide bonds. The number of nitrogens with two attached hydrogens (primary N) is 1. The monoisotopic (exact) mass is 484 g/mol. The normalized spacial score (nSPS) is 16.5. The maximum atomic E-state index is 15.5. The molecule has 0 radical (unpaired) electrons. The van der Waals surface area contributed by atoms with Crippen LogP contribution in [0.2, 0.25) is 5.02 Å². The third kappa shape index (κ3) is 3.90. The Bertz CT molecular complexity index is 1280. The molecule has 9 heteroatoms. The zero-order valence-corrected chi connectivity index (χ0v) is 19.2. The van der Waals surface area contributed by atoms with Gasteiger partial charge in [-0.15, -0.1) is 0 Å². The summed E-state index contributed by atoms with van der Waals surface area (Å²) in [4.78, 5) is 25.0. The van der Waals surface area contributed by atoms with Crippen molar-refractivity contribution in [2.75, 3.05) is 20.7 Å². The fourth-order valence-electron chi connectivity index (χ4n) is 4.37. The molecule has 0 saturated carbocycles. The van der Waals surface area contributed by atoms with Gasteiger partial charge in [-0.25, -0.2) is 9.18 Å². The number of rotatable bonds is 6. The molecule has 7 nitrogen and oxygen atoms in total. The number of methoxy groups -OCH3 is 1. The molecule has 3 aromatic rings. The van der Waals surface area contributed by atoms with Crippen LogP contribution < -0.4 is 15.2 Å². The van der Waals surface area contributed by atoms with Gasteiger partial charge in [0.2, 0.25) is 5.91 Å². The van der Waals surface area contributed by atoms with Crippen LogP contribution in [0.1, 0.15) is 21.5 Å². The number of halogens is 2. The molecule has 4 rings (SSSR count). The number of carboxylic acid groups (broad SMARTS) is 1. The number of ether oxygens (including phenoxy) is 2. The lowest BCUT2D eigenvalue weighted by atomic mass is 9.85. The first kappa shape index (κ1) is 23.4. The first-order valence-electron chi connectivity index (χ1n) is 10.3. The van der Waals surface area contributed by atoms with E-state index in [-0.39, 0.29) is 40.4 Å². The number of primary amides is 1. The van der Waals surface area contributed by atoms with E-state index in [9.17, 15) is 14.7 Å². The Morgan fingerprint density at radius 1 is 1.18 bits per heavy atom. The SMILES string of the molecule is COc1ccc(C(N)=O)c(-c2c(Cl)ccc3c2C[C@@](CN(C)C(=O)O)(c2ccccc2)O3)c1F. The Labute approximate surface area is 200 Å². The van der Waals surface area contributed by atoms with Crippen LogP contribution in [0.4, 0.5) is 9.18 Å². The van der Waals surface area contributed by atoms with Crippen molar-refractivity contribution in [1.82, 2.24) is 4.90 Å². The molecule has 3 aromatic carbocycles. The van der Waals surface area contributed by atoms with Crippen molar-refractivity contribution < 1.29 is 28.6 Å². The van der Waals surface area contributed by atoms with Crippen molar-refractivity contribution in [3.8, 4) is 22.6 Å². The van der Waals surface area contributed by atoms with Gasteiger partial charge in [-0.1, -0.05) is 41.9 Å². The zero-order chi connectivity index (χ0) is 24.6. The molecule has 0 spiro atoms. The van der Waals surface area contributed by atoms with E-state index < -0.39 is 23.4 Å². The molecule has 0 fully saturated rings. The fourth-order valence-corrected chi connectivity index (χ4v) is 4.64. The minimum absolute atomic E-state index is 0.00134. The number of hydrogen-bond donors (Lipinski definition) is 2. The molecule has 0 unspecified atom stereocenters. The summed E-state index contributed by atoms with van der Waals surface area (Å²) in [5.41, 5.74) is 5.83. The minimum atomic E-state index is -1.12. The second-order valence-corrected chi connectivity index (χ2v) is 8.45. The van der Waals surface area contributed by atoms with Crippen LogP contribution in [0.15, 0.2) is 54.6 Å². The average molecular weight is 485 g/mol. The largest absolute Gasteiger partial charge is 0.494 e. The summed E-state index contributed by atoms with van der Waals surface area (Å²) in [6.45, 7) is 0.00134. The number of nitrogens with zero attached hydrogens (tertiary/aromatic N) is 1. The topological polar surface area (TPSA) is 102 Å². The third-order valence-electron chi connectivity index (χ3n) is 5.95. The lowest BCUT2D eigenvalue weighted by Gasteiger charge is -2.32. The number of benzene rings is 3. The minimum Gasteiger partial charge on any atom is -0.494 e. The van der Waals surface area contributed by atoms with Crippen molar-refractivity contribution in [2.24, 2.45) is 5.73 Å². The zero-order valence-electron chi connectivity index (χ0n) is 18.5. The van der Waals surface area contributed by atoms with Crippen molar-refractivity contribution >= 4 is 23.6 Å². The van der Waals surface area contributed by atoms with Gasteiger partial charge in [0.15, 0.2) is 17.2 Å². The third-order valence-corrected chi connectivity index (χ3v) is 6.26. The molecule has 176 valence electrons. The van der Waals surface area contributed by atoms with Gasteiger partial charge >= 0.3 is 6.09 Å². The molecule has 0 aliphatic carbocycles. The Balaban J connectivity index is 1.95. The van der Waals surface area contributed by atoms with E-state index in [0.29, 0.717) is 11.3 Å². The van der Waals surface area contributed by atoms with Crippen molar-refractivity contribution in [1.29, 1.82) is 0 Å². The number of hydrogen-bond acceptors (Lipinski definition) is 4. The summed E-state index contributed by atoms with van der Waals surface area (Å²) in [5.74, 6) is -1.29. The van der Waals surface area contributed by atoms with Gasteiger partial charge < -0.3 is 25.2 Å². The molecular formula is C25H22ClFN2O5. The Hall–Kier alpha value is -3.78. The highest BCUT2D eigenvalue weighted by molar-refractivity contribution is 6.34. The first-order valence-corrected chi connectivity index (χ1v) is 10.7. The first-order chi connectivity index (χ1) is 16.2. The molecule has 3 N–H and O–H groups in total. The molecule has 1 aliphatic heterocycles. The molecular weight excluding hydrogens is 463 g/mol. The number of fused-ring (bicyclic) bond motifs is 1. The van der Waals surface area contributed by atoms with Gasteiger partial charge in [0.25, 0.3) is 0 Å². The van der Waals surface area contributed by atoms with E-state index >= 15 is 4.39 Å². The van der Waals surface area contributed by atoms with E-state index in [4.69, 9.17) is 26.8 Å². The van der Waals surface area contributed by atoms with Gasteiger partial charge in [0.1, 0.15) is 5.75 Å². The summed E-state index contributed by atoms with van der Waals surface area (Å²) in [6.07, 6.45) is -0.947. The molecule has 1 heterocycles. The van der Waals surface area contributed by atoms with Gasteiger partial charge in [-0.05, 0) is 29.8 Å². The van der Waals surface area contributed by atoms with Gasteiger partial charge in [-0.3, -0.25) is 4.79 Å². The second kappa shape index (κ2) is 8.87. The highest BCUT2D eigenvalue weighted by Gasteiger charge is 2.45. The highest BCUT2D eigenvalue weighted by Crippen LogP contribution is 2.50. The average Bonchev–Trinajstić information content (AvgIpc) is 3.19. The quantitative estimate of drug-likeness (QED) is 0.528. The van der Waals surface area contributed by atoms with Gasteiger partial charge in [0.05, 0.1) is 19.2 Å². The second-order valence-electron chi connectivity index (χ2n) is 8.05. The van der Waals surface area contributed by atoms with E-state index in [0.717, 1.165) is 10.5 Å². The summed E-state index contributed by atoms with van der Waals surface area (Å²) in [6, 6.07) is 15.1. The summed E-state index contributed by atoms with van der Waals surface area (Å²) in [7, 11) is 2.76. The number of likely N-dealkylation sites (N-methyl/N-ethyl adjacent to an activating group) is 1. The van der Waals surface area contributed by atoms with Crippen LogP contribution >= 0.6 is 11.6 Å². The molecule has 0 bridgehead atoms. The summed E-state index contributed by atoms with van der Waals surface area (Å²) < 4.78 is 27.0. The van der Waals surface area contributed by atoms with Gasteiger partial charge in [0, 0.05) is 35.2 Å². The molecule has 1 aliphatic rings. The maximum absolute atomic E-state index is 15.5. The molecule has 34 heavy (non-hydrogen) atoms. The van der Waals surface area contributed by atoms with E-state index in [1.807, 2.05) is 30.3 Å². The summed E-state index contributed by atoms with van der Waals surface area (Å²) >= 11 is 6.56. The lowest BCUT2D eigenvalue weighted by Crippen LogP contribution is -2.44. The predicted octanol–water partition coefficient (Wildman–Crippen LogP) is 4.69. The molecule has 0 saturated heterocycles. The van der Waals surface area contributed by atoms with E-state index in [2.05, 4.69) is 0 Å². The van der Waals surface area contributed by atoms with E-state index in [1.165, 1.54) is 26.3 Å². The number of amides is 2. The standard InChI is InChI=1S/C25H22ClFN2O5/c1-29(24(31)32)13-25(14-6-4-3-5-7-14)12-16-18(34-25)11-9-17(26)20(16)21-15(23(28)30)8-10-19(33-2)22(21)27/h3-11H,12-13H2,1-2H3,(H2,28,30)(H,31,32)/t25-/m1/s1. The lowest BCUT2D eigenvalue weighted by molar-refractivity contribution is 0.0520. The van der Waals surface area contributed by atoms with Crippen LogP contribution in [0.3, 0.4) is 0 Å². The van der Waals surface area contributed by atoms with Gasteiger partial charge in [-0.2, -0.15) is 0 Å². The fraction of sp³-hybridized carbons (Fsp3) is 0.200. The van der Waals surface area contributed by atoms with Crippen molar-refractivity contribution in [3.05, 3.63) is 82.1 Å². The Kier molecular flexibility index (Phi) is 6.10. The van der Waals surface area contributed by atoms with Crippen molar-refractivity contribution in [2.45, 2.75) is 12.0 Å². The number of carbonyl (C=O) groups excluding carboxylic acids is 1. The maximum Gasteiger partial charge on any atom is 0.407 e. The molecule has 1 atom stereocenters. The number of carbonyl (C=O) groups is 2. The summed E-state index contributed by atoms with van der Waals surface area (Å²) in [5, 5.41) is 9.71. The van der Waals surface area contributed by atoms with Crippen LogP contribution in [0.25, 0.3) is 11.1 Å². The van der Waals surface area contributed by atoms with Crippen LogP contribution in [0.5, 0.6) is 11.5 Å². The Morgan fingerprint density at radius 2 is 1.88 bits per heavy atom. The Morgan fingerprint density at radius 3 is 2.50 bits per heavy atom. The highest BCUT2D eigenvalue weighted by atomic mass is 35.5. The van der Waals surface area contributed by atoms with Crippen LogP contribution in [-0.4, -0.2) is 42.7 Å².